The SMILES string of the molecule is CCCCCCCCc1c(C)[nH]c2cc(OC)ccc2c1=O. The van der Waals surface area contributed by atoms with Gasteiger partial charge in [-0.15, -0.1) is 0 Å². The van der Waals surface area contributed by atoms with Gasteiger partial charge in [-0.1, -0.05) is 39.0 Å². The molecule has 2 rings (SSSR count). The largest absolute Gasteiger partial charge is 0.497 e. The Kier molecular flexibility index (Phi) is 6.05. The van der Waals surface area contributed by atoms with Crippen molar-refractivity contribution in [1.82, 2.24) is 4.98 Å². The predicted octanol–water partition coefficient (Wildman–Crippen LogP) is 4.75. The van der Waals surface area contributed by atoms with Gasteiger partial charge in [-0.3, -0.25) is 4.79 Å². The van der Waals surface area contributed by atoms with Gasteiger partial charge in [-0.25, -0.2) is 0 Å². The van der Waals surface area contributed by atoms with Crippen molar-refractivity contribution < 1.29 is 4.74 Å². The average molecular weight is 301 g/mol. The highest BCUT2D eigenvalue weighted by atomic mass is 16.5. The van der Waals surface area contributed by atoms with E-state index in [1.165, 1.54) is 32.1 Å². The molecule has 1 N–H and O–H groups in total. The van der Waals surface area contributed by atoms with Gasteiger partial charge in [0.2, 0.25) is 0 Å². The molecule has 3 nitrogen and oxygen atoms in total. The van der Waals surface area contributed by atoms with Crippen LogP contribution in [-0.2, 0) is 6.42 Å². The van der Waals surface area contributed by atoms with E-state index in [0.29, 0.717) is 0 Å². The van der Waals surface area contributed by atoms with Gasteiger partial charge in [-0.2, -0.15) is 0 Å². The minimum absolute atomic E-state index is 0.169. The molecule has 0 atom stereocenters. The number of H-pyrrole nitrogens is 1. The van der Waals surface area contributed by atoms with Crippen LogP contribution in [0.1, 0.15) is 56.7 Å². The first-order valence-electron chi connectivity index (χ1n) is 8.37. The van der Waals surface area contributed by atoms with Crippen LogP contribution in [0.4, 0.5) is 0 Å². The lowest BCUT2D eigenvalue weighted by molar-refractivity contribution is 0.415. The number of methoxy groups -OCH3 is 1. The van der Waals surface area contributed by atoms with Crippen LogP contribution in [0.15, 0.2) is 23.0 Å². The second-order valence-corrected chi connectivity index (χ2v) is 5.99. The molecule has 0 radical (unpaired) electrons. The molecule has 0 saturated heterocycles. The van der Waals surface area contributed by atoms with E-state index in [1.54, 1.807) is 7.11 Å². The van der Waals surface area contributed by atoms with Gasteiger partial charge in [0.05, 0.1) is 12.6 Å². The molecule has 0 aliphatic rings. The number of benzene rings is 1. The number of aromatic nitrogens is 1. The Balaban J connectivity index is 2.12. The quantitative estimate of drug-likeness (QED) is 0.715. The van der Waals surface area contributed by atoms with E-state index < -0.39 is 0 Å². The van der Waals surface area contributed by atoms with Crippen molar-refractivity contribution in [2.24, 2.45) is 0 Å². The Morgan fingerprint density at radius 3 is 2.55 bits per heavy atom. The Labute approximate surface area is 132 Å². The Bertz CT molecular complexity index is 673. The summed E-state index contributed by atoms with van der Waals surface area (Å²) in [5, 5.41) is 0.757. The Morgan fingerprint density at radius 2 is 1.82 bits per heavy atom. The number of aryl methyl sites for hydroxylation is 1. The van der Waals surface area contributed by atoms with Crippen molar-refractivity contribution in [3.05, 3.63) is 39.7 Å². The number of pyridine rings is 1. The van der Waals surface area contributed by atoms with E-state index in [0.717, 1.165) is 40.8 Å². The molecule has 0 amide bonds. The minimum atomic E-state index is 0.169. The standard InChI is InChI=1S/C19H27NO2/c1-4-5-6-7-8-9-10-16-14(2)20-18-13-15(22-3)11-12-17(18)19(16)21/h11-13H,4-10H2,1-3H3,(H,20,21). The molecular formula is C19H27NO2. The van der Waals surface area contributed by atoms with E-state index in [2.05, 4.69) is 11.9 Å². The number of ether oxygens (including phenoxy) is 1. The molecule has 0 spiro atoms. The third kappa shape index (κ3) is 3.90. The van der Waals surface area contributed by atoms with E-state index in [9.17, 15) is 4.79 Å². The van der Waals surface area contributed by atoms with Crippen molar-refractivity contribution in [2.75, 3.05) is 7.11 Å². The normalized spacial score (nSPS) is 11.0. The van der Waals surface area contributed by atoms with Crippen LogP contribution in [0.5, 0.6) is 5.75 Å². The Morgan fingerprint density at radius 1 is 1.09 bits per heavy atom. The first-order chi connectivity index (χ1) is 10.7. The lowest BCUT2D eigenvalue weighted by atomic mass is 10.0. The fourth-order valence-electron chi connectivity index (χ4n) is 2.95. The lowest BCUT2D eigenvalue weighted by Gasteiger charge is -2.09. The van der Waals surface area contributed by atoms with Gasteiger partial charge in [-0.05, 0) is 31.9 Å². The summed E-state index contributed by atoms with van der Waals surface area (Å²) in [5.41, 5.74) is 2.95. The van der Waals surface area contributed by atoms with Gasteiger partial charge < -0.3 is 9.72 Å². The molecule has 1 aromatic carbocycles. The van der Waals surface area contributed by atoms with Gasteiger partial charge >= 0.3 is 0 Å². The number of unbranched alkanes of at least 4 members (excludes halogenated alkanes) is 5. The maximum Gasteiger partial charge on any atom is 0.192 e. The van der Waals surface area contributed by atoms with Crippen LogP contribution in [0, 0.1) is 6.92 Å². The monoisotopic (exact) mass is 301 g/mol. The zero-order valence-corrected chi connectivity index (χ0v) is 14.0. The second kappa shape index (κ2) is 8.02. The highest BCUT2D eigenvalue weighted by Gasteiger charge is 2.09. The molecule has 0 unspecified atom stereocenters. The molecular weight excluding hydrogens is 274 g/mol. The van der Waals surface area contributed by atoms with Crippen LogP contribution >= 0.6 is 0 Å². The molecule has 3 heteroatoms. The summed E-state index contributed by atoms with van der Waals surface area (Å²) in [7, 11) is 1.64. The summed E-state index contributed by atoms with van der Waals surface area (Å²) in [6.07, 6.45) is 8.34. The zero-order valence-electron chi connectivity index (χ0n) is 14.0. The summed E-state index contributed by atoms with van der Waals surface area (Å²) < 4.78 is 5.22. The topological polar surface area (TPSA) is 42.1 Å². The van der Waals surface area contributed by atoms with Crippen LogP contribution in [0.2, 0.25) is 0 Å². The molecule has 22 heavy (non-hydrogen) atoms. The number of hydrogen-bond acceptors (Lipinski definition) is 2. The third-order valence-electron chi connectivity index (χ3n) is 4.30. The number of hydrogen-bond donors (Lipinski definition) is 1. The first kappa shape index (κ1) is 16.6. The predicted molar refractivity (Wildman–Crippen MR) is 92.9 cm³/mol. The van der Waals surface area contributed by atoms with Crippen molar-refractivity contribution in [2.45, 2.75) is 58.8 Å². The van der Waals surface area contributed by atoms with Crippen LogP contribution in [-0.4, -0.2) is 12.1 Å². The van der Waals surface area contributed by atoms with Gasteiger partial charge in [0, 0.05) is 22.7 Å². The summed E-state index contributed by atoms with van der Waals surface area (Å²) in [6.45, 7) is 4.22. The van der Waals surface area contributed by atoms with Crippen molar-refractivity contribution in [3.63, 3.8) is 0 Å². The van der Waals surface area contributed by atoms with Crippen molar-refractivity contribution in [3.8, 4) is 5.75 Å². The van der Waals surface area contributed by atoms with E-state index >= 15 is 0 Å². The smallest absolute Gasteiger partial charge is 0.192 e. The molecule has 0 fully saturated rings. The molecule has 0 saturated carbocycles. The average Bonchev–Trinajstić information content (AvgIpc) is 2.52. The number of rotatable bonds is 8. The maximum absolute atomic E-state index is 12.7. The van der Waals surface area contributed by atoms with Crippen LogP contribution in [0.3, 0.4) is 0 Å². The first-order valence-corrected chi connectivity index (χ1v) is 8.37. The number of fused-ring (bicyclic) bond motifs is 1. The van der Waals surface area contributed by atoms with Crippen LogP contribution in [0.25, 0.3) is 10.9 Å². The highest BCUT2D eigenvalue weighted by molar-refractivity contribution is 5.80. The maximum atomic E-state index is 12.7. The molecule has 120 valence electrons. The minimum Gasteiger partial charge on any atom is -0.497 e. The van der Waals surface area contributed by atoms with Crippen molar-refractivity contribution >= 4 is 10.9 Å². The van der Waals surface area contributed by atoms with Crippen LogP contribution < -0.4 is 10.2 Å². The summed E-state index contributed by atoms with van der Waals surface area (Å²) in [6, 6.07) is 5.59. The van der Waals surface area contributed by atoms with Gasteiger partial charge in [0.15, 0.2) is 5.43 Å². The van der Waals surface area contributed by atoms with E-state index in [-0.39, 0.29) is 5.43 Å². The molecule has 1 heterocycles. The highest BCUT2D eigenvalue weighted by Crippen LogP contribution is 2.19. The second-order valence-electron chi connectivity index (χ2n) is 5.99. The zero-order chi connectivity index (χ0) is 15.9. The fourth-order valence-corrected chi connectivity index (χ4v) is 2.95. The Hall–Kier alpha value is -1.77. The summed E-state index contributed by atoms with van der Waals surface area (Å²) >= 11 is 0. The number of aromatic amines is 1. The molecule has 1 aromatic heterocycles. The van der Waals surface area contributed by atoms with Gasteiger partial charge in [0.1, 0.15) is 5.75 Å². The fraction of sp³-hybridized carbons (Fsp3) is 0.526. The lowest BCUT2D eigenvalue weighted by Crippen LogP contribution is -2.13. The summed E-state index contributed by atoms with van der Waals surface area (Å²) in [4.78, 5) is 16.0. The molecule has 0 aliphatic carbocycles. The molecule has 2 aromatic rings. The van der Waals surface area contributed by atoms with Crippen molar-refractivity contribution in [1.29, 1.82) is 0 Å². The molecule has 0 bridgehead atoms. The third-order valence-corrected chi connectivity index (χ3v) is 4.30. The van der Waals surface area contributed by atoms with E-state index in [1.807, 2.05) is 25.1 Å². The number of nitrogens with one attached hydrogen (secondary N) is 1. The molecule has 0 aliphatic heterocycles. The van der Waals surface area contributed by atoms with Gasteiger partial charge in [0.25, 0.3) is 0 Å². The van der Waals surface area contributed by atoms with E-state index in [4.69, 9.17) is 4.74 Å². The summed E-state index contributed by atoms with van der Waals surface area (Å²) in [5.74, 6) is 0.770.